The van der Waals surface area contributed by atoms with E-state index in [1.165, 1.54) is 0 Å². The Hall–Kier alpha value is -2.79. The van der Waals surface area contributed by atoms with Gasteiger partial charge < -0.3 is 15.4 Å². The number of carbonyl (C=O) groups is 2. The number of benzene rings is 1. The Morgan fingerprint density at radius 2 is 1.93 bits per heavy atom. The van der Waals surface area contributed by atoms with Crippen molar-refractivity contribution >= 4 is 23.4 Å². The second-order valence-corrected chi connectivity index (χ2v) is 6.74. The molecule has 150 valence electrons. The SMILES string of the molecule is C=C/C=C(/CNC(=O)CCC(=C)NC(=O)COc1ccc(Cl)c(C)c1)C(=C)C. The quantitative estimate of drug-likeness (QED) is 0.544. The normalized spacial score (nSPS) is 10.8. The van der Waals surface area contributed by atoms with Crippen LogP contribution in [0.15, 0.2) is 66.9 Å². The van der Waals surface area contributed by atoms with Crippen LogP contribution in [0.25, 0.3) is 0 Å². The topological polar surface area (TPSA) is 67.4 Å². The summed E-state index contributed by atoms with van der Waals surface area (Å²) in [6.07, 6.45) is 4.02. The fourth-order valence-corrected chi connectivity index (χ4v) is 2.31. The van der Waals surface area contributed by atoms with Crippen molar-refractivity contribution in [1.29, 1.82) is 0 Å². The Morgan fingerprint density at radius 3 is 2.54 bits per heavy atom. The van der Waals surface area contributed by atoms with Gasteiger partial charge in [0, 0.05) is 23.7 Å². The van der Waals surface area contributed by atoms with E-state index in [1.54, 1.807) is 24.3 Å². The lowest BCUT2D eigenvalue weighted by Crippen LogP contribution is -2.29. The van der Waals surface area contributed by atoms with Gasteiger partial charge in [0.05, 0.1) is 0 Å². The molecule has 6 heteroatoms. The molecule has 0 spiro atoms. The van der Waals surface area contributed by atoms with Crippen LogP contribution in [0.4, 0.5) is 0 Å². The number of rotatable bonds is 11. The van der Waals surface area contributed by atoms with Gasteiger partial charge in [-0.2, -0.15) is 0 Å². The number of nitrogens with one attached hydrogen (secondary N) is 2. The monoisotopic (exact) mass is 402 g/mol. The number of hydrogen-bond acceptors (Lipinski definition) is 3. The van der Waals surface area contributed by atoms with E-state index in [2.05, 4.69) is 30.4 Å². The molecule has 0 bridgehead atoms. The van der Waals surface area contributed by atoms with Crippen LogP contribution >= 0.6 is 11.6 Å². The molecule has 2 N–H and O–H groups in total. The molecule has 0 aliphatic carbocycles. The van der Waals surface area contributed by atoms with Crippen molar-refractivity contribution in [3.8, 4) is 5.75 Å². The lowest BCUT2D eigenvalue weighted by molar-refractivity contribution is -0.123. The van der Waals surface area contributed by atoms with E-state index in [4.69, 9.17) is 16.3 Å². The Morgan fingerprint density at radius 1 is 1.21 bits per heavy atom. The molecule has 0 aliphatic heterocycles. The first-order chi connectivity index (χ1) is 13.2. The van der Waals surface area contributed by atoms with Crippen LogP contribution < -0.4 is 15.4 Å². The van der Waals surface area contributed by atoms with E-state index in [0.717, 1.165) is 16.7 Å². The summed E-state index contributed by atoms with van der Waals surface area (Å²) >= 11 is 5.95. The van der Waals surface area contributed by atoms with Crippen molar-refractivity contribution < 1.29 is 14.3 Å². The molecule has 0 saturated carbocycles. The summed E-state index contributed by atoms with van der Waals surface area (Å²) in [5.74, 6) is 0.0823. The summed E-state index contributed by atoms with van der Waals surface area (Å²) < 4.78 is 5.43. The highest BCUT2D eigenvalue weighted by Gasteiger charge is 2.08. The summed E-state index contributed by atoms with van der Waals surface area (Å²) in [6.45, 7) is 15.2. The summed E-state index contributed by atoms with van der Waals surface area (Å²) in [4.78, 5) is 23.9. The first-order valence-corrected chi connectivity index (χ1v) is 9.21. The molecule has 0 unspecified atom stereocenters. The zero-order valence-electron chi connectivity index (χ0n) is 16.4. The maximum absolute atomic E-state index is 12.0. The van der Waals surface area contributed by atoms with Crippen LogP contribution in [-0.2, 0) is 9.59 Å². The average Bonchev–Trinajstić information content (AvgIpc) is 2.64. The Labute approximate surface area is 171 Å². The van der Waals surface area contributed by atoms with Gasteiger partial charge in [-0.05, 0) is 49.6 Å². The van der Waals surface area contributed by atoms with Gasteiger partial charge in [-0.25, -0.2) is 0 Å². The molecule has 5 nitrogen and oxygen atoms in total. The second kappa shape index (κ2) is 11.8. The molecule has 1 aromatic rings. The predicted octanol–water partition coefficient (Wildman–Crippen LogP) is 4.24. The third-order valence-electron chi connectivity index (χ3n) is 3.81. The Kier molecular flexibility index (Phi) is 9.82. The van der Waals surface area contributed by atoms with Crippen LogP contribution in [-0.4, -0.2) is 25.0 Å². The lowest BCUT2D eigenvalue weighted by atomic mass is 10.1. The maximum atomic E-state index is 12.0. The van der Waals surface area contributed by atoms with E-state index in [9.17, 15) is 9.59 Å². The first-order valence-electron chi connectivity index (χ1n) is 8.83. The zero-order chi connectivity index (χ0) is 21.1. The second-order valence-electron chi connectivity index (χ2n) is 6.34. The summed E-state index contributed by atoms with van der Waals surface area (Å²) in [5, 5.41) is 6.08. The van der Waals surface area contributed by atoms with Crippen LogP contribution in [0.5, 0.6) is 5.75 Å². The lowest BCUT2D eigenvalue weighted by Gasteiger charge is -2.11. The minimum atomic E-state index is -0.337. The molecule has 0 radical (unpaired) electrons. The fourth-order valence-electron chi connectivity index (χ4n) is 2.19. The average molecular weight is 403 g/mol. The molecule has 0 aromatic heterocycles. The molecule has 0 saturated heterocycles. The largest absolute Gasteiger partial charge is 0.484 e. The zero-order valence-corrected chi connectivity index (χ0v) is 17.2. The highest BCUT2D eigenvalue weighted by molar-refractivity contribution is 6.31. The highest BCUT2D eigenvalue weighted by Crippen LogP contribution is 2.20. The minimum absolute atomic E-state index is 0.139. The number of amides is 2. The molecule has 1 rings (SSSR count). The summed E-state index contributed by atoms with van der Waals surface area (Å²) in [7, 11) is 0. The van der Waals surface area contributed by atoms with Gasteiger partial charge in [-0.3, -0.25) is 9.59 Å². The van der Waals surface area contributed by atoms with Gasteiger partial charge in [0.2, 0.25) is 5.91 Å². The number of halogens is 1. The van der Waals surface area contributed by atoms with Gasteiger partial charge in [-0.1, -0.05) is 49.1 Å². The van der Waals surface area contributed by atoms with Crippen LogP contribution in [0.1, 0.15) is 25.3 Å². The third kappa shape index (κ3) is 8.73. The molecule has 1 aromatic carbocycles. The standard InChI is InChI=1S/C22H27ClN2O3/c1-6-7-18(15(2)3)13-24-21(26)11-8-17(5)25-22(27)14-28-19-9-10-20(23)16(4)12-19/h6-7,9-10,12H,1-2,5,8,11,13-14H2,3-4H3,(H,24,26)(H,25,27)/b18-7-. The van der Waals surface area contributed by atoms with Gasteiger partial charge in [0.15, 0.2) is 6.61 Å². The van der Waals surface area contributed by atoms with Crippen LogP contribution in [0.2, 0.25) is 5.02 Å². The number of carbonyl (C=O) groups excluding carboxylic acids is 2. The van der Waals surface area contributed by atoms with E-state index in [1.807, 2.05) is 19.9 Å². The van der Waals surface area contributed by atoms with Crippen molar-refractivity contribution in [3.05, 3.63) is 77.5 Å². The summed E-state index contributed by atoms with van der Waals surface area (Å²) in [5.41, 5.74) is 3.10. The smallest absolute Gasteiger partial charge is 0.262 e. The van der Waals surface area contributed by atoms with E-state index < -0.39 is 0 Å². The molecule has 0 atom stereocenters. The molecular weight excluding hydrogens is 376 g/mol. The number of allylic oxidation sites excluding steroid dienone is 3. The molecule has 0 fully saturated rings. The van der Waals surface area contributed by atoms with E-state index in [-0.39, 0.29) is 24.8 Å². The maximum Gasteiger partial charge on any atom is 0.262 e. The third-order valence-corrected chi connectivity index (χ3v) is 4.24. The minimum Gasteiger partial charge on any atom is -0.484 e. The number of hydrogen-bond donors (Lipinski definition) is 2. The van der Waals surface area contributed by atoms with Gasteiger partial charge >= 0.3 is 0 Å². The molecule has 0 aliphatic rings. The predicted molar refractivity (Wildman–Crippen MR) is 114 cm³/mol. The van der Waals surface area contributed by atoms with Crippen molar-refractivity contribution in [2.75, 3.05) is 13.2 Å². The van der Waals surface area contributed by atoms with Gasteiger partial charge in [0.1, 0.15) is 5.75 Å². The molecule has 0 heterocycles. The van der Waals surface area contributed by atoms with Gasteiger partial charge in [-0.15, -0.1) is 0 Å². The molecule has 2 amide bonds. The van der Waals surface area contributed by atoms with Gasteiger partial charge in [0.25, 0.3) is 5.91 Å². The highest BCUT2D eigenvalue weighted by atomic mass is 35.5. The van der Waals surface area contributed by atoms with Crippen LogP contribution in [0, 0.1) is 6.92 Å². The van der Waals surface area contributed by atoms with E-state index >= 15 is 0 Å². The van der Waals surface area contributed by atoms with Crippen molar-refractivity contribution in [2.24, 2.45) is 0 Å². The summed E-state index contributed by atoms with van der Waals surface area (Å²) in [6, 6.07) is 5.17. The Balaban J connectivity index is 2.33. The first kappa shape index (κ1) is 23.2. The van der Waals surface area contributed by atoms with Crippen molar-refractivity contribution in [3.63, 3.8) is 0 Å². The van der Waals surface area contributed by atoms with Crippen LogP contribution in [0.3, 0.4) is 0 Å². The van der Waals surface area contributed by atoms with E-state index in [0.29, 0.717) is 29.4 Å². The van der Waals surface area contributed by atoms with Crippen molar-refractivity contribution in [2.45, 2.75) is 26.7 Å². The number of aryl methyl sites for hydroxylation is 1. The Bertz CT molecular complexity index is 797. The number of ether oxygens (including phenoxy) is 1. The van der Waals surface area contributed by atoms with Crippen molar-refractivity contribution in [1.82, 2.24) is 10.6 Å². The molecular formula is C22H27ClN2O3. The fraction of sp³-hybridized carbons (Fsp3) is 0.273. The molecule has 28 heavy (non-hydrogen) atoms.